The molecule has 1 rings (SSSR count). The molecule has 0 heterocycles. The van der Waals surface area contributed by atoms with E-state index in [4.69, 9.17) is 0 Å². The van der Waals surface area contributed by atoms with E-state index in [1.165, 1.54) is 9.15 Å². The largest absolute Gasteiger partial charge is 0.393 e. The number of aliphatic hydroxyl groups is 1. The molecule has 1 N–H and O–H groups in total. The second-order valence-electron chi connectivity index (χ2n) is 4.61. The van der Waals surface area contributed by atoms with Crippen molar-refractivity contribution in [1.82, 2.24) is 0 Å². The number of halogens is 1. The van der Waals surface area contributed by atoms with Gasteiger partial charge in [-0.1, -0.05) is 17.7 Å². The van der Waals surface area contributed by atoms with Crippen LogP contribution in [0.5, 0.6) is 0 Å². The molecule has 0 amide bonds. The summed E-state index contributed by atoms with van der Waals surface area (Å²) in [5.41, 5.74) is 1.35. The second kappa shape index (κ2) is 6.69. The molecule has 0 aromatic rings. The lowest BCUT2D eigenvalue weighted by Crippen LogP contribution is -2.21. The van der Waals surface area contributed by atoms with Crippen LogP contribution in [0, 0.1) is 5.92 Å². The summed E-state index contributed by atoms with van der Waals surface area (Å²) in [4.78, 5) is 0. The summed E-state index contributed by atoms with van der Waals surface area (Å²) >= 11 is 2.40. The van der Waals surface area contributed by atoms with Gasteiger partial charge >= 0.3 is 0 Å². The summed E-state index contributed by atoms with van der Waals surface area (Å²) in [5.74, 6) is 0.495. The van der Waals surface area contributed by atoms with Gasteiger partial charge in [-0.25, -0.2) is 0 Å². The smallest absolute Gasteiger partial charge is 0.0574 e. The highest BCUT2D eigenvalue weighted by Crippen LogP contribution is 2.30. The van der Waals surface area contributed by atoms with Gasteiger partial charge in [0.05, 0.1) is 6.10 Å². The standard InChI is InChI=1S/C13H21IO/c1-10(2)4-3-5-13(15)11-6-8-12(14)9-7-11/h4,8,11,13,15H,3,5-7,9H2,1-2H3/t11?,13-/m1/s1. The maximum absolute atomic E-state index is 10.0. The first-order valence-corrected chi connectivity index (χ1v) is 6.83. The molecule has 86 valence electrons. The maximum Gasteiger partial charge on any atom is 0.0574 e. The van der Waals surface area contributed by atoms with E-state index in [0.717, 1.165) is 32.1 Å². The predicted molar refractivity (Wildman–Crippen MR) is 74.1 cm³/mol. The molecule has 0 aliphatic heterocycles. The van der Waals surface area contributed by atoms with Crippen molar-refractivity contribution in [3.05, 3.63) is 21.3 Å². The third-order valence-electron chi connectivity index (χ3n) is 2.96. The van der Waals surface area contributed by atoms with Crippen LogP contribution in [0.4, 0.5) is 0 Å². The van der Waals surface area contributed by atoms with Crippen molar-refractivity contribution < 1.29 is 5.11 Å². The third-order valence-corrected chi connectivity index (χ3v) is 3.93. The SMILES string of the molecule is CC(C)=CCC[C@@H](O)C1CC=C(I)CC1. The van der Waals surface area contributed by atoms with Gasteiger partial charge in [-0.3, -0.25) is 0 Å². The first kappa shape index (κ1) is 13.2. The number of hydrogen-bond acceptors (Lipinski definition) is 1. The maximum atomic E-state index is 10.0. The van der Waals surface area contributed by atoms with E-state index in [0.29, 0.717) is 5.92 Å². The molecule has 0 spiro atoms. The van der Waals surface area contributed by atoms with Gasteiger partial charge in [0.2, 0.25) is 0 Å². The van der Waals surface area contributed by atoms with Gasteiger partial charge in [0.1, 0.15) is 0 Å². The third kappa shape index (κ3) is 5.16. The van der Waals surface area contributed by atoms with Crippen LogP contribution in [0.25, 0.3) is 0 Å². The zero-order valence-electron chi connectivity index (χ0n) is 9.67. The zero-order chi connectivity index (χ0) is 11.3. The summed E-state index contributed by atoms with van der Waals surface area (Å²) in [6, 6.07) is 0. The predicted octanol–water partition coefficient (Wildman–Crippen LogP) is 4.21. The highest BCUT2D eigenvalue weighted by Gasteiger charge is 2.20. The molecule has 1 nitrogen and oxygen atoms in total. The molecule has 0 aromatic heterocycles. The van der Waals surface area contributed by atoms with E-state index in [1.807, 2.05) is 0 Å². The summed E-state index contributed by atoms with van der Waals surface area (Å²) in [7, 11) is 0. The van der Waals surface area contributed by atoms with E-state index in [2.05, 4.69) is 48.6 Å². The molecule has 1 aliphatic carbocycles. The Kier molecular flexibility index (Phi) is 5.90. The quantitative estimate of drug-likeness (QED) is 0.608. The lowest BCUT2D eigenvalue weighted by molar-refractivity contribution is 0.0943. The number of allylic oxidation sites excluding steroid dienone is 4. The van der Waals surface area contributed by atoms with Crippen LogP contribution in [0.1, 0.15) is 46.0 Å². The lowest BCUT2D eigenvalue weighted by atomic mass is 9.87. The Morgan fingerprint density at radius 2 is 2.40 bits per heavy atom. The summed E-state index contributed by atoms with van der Waals surface area (Å²) < 4.78 is 1.46. The molecule has 0 bridgehead atoms. The Bertz CT molecular complexity index is 251. The van der Waals surface area contributed by atoms with Crippen LogP contribution in [-0.2, 0) is 0 Å². The summed E-state index contributed by atoms with van der Waals surface area (Å²) in [5, 5.41) is 10.0. The normalized spacial score (nSPS) is 23.2. The highest BCUT2D eigenvalue weighted by molar-refractivity contribution is 14.1. The van der Waals surface area contributed by atoms with E-state index in [-0.39, 0.29) is 6.10 Å². The Morgan fingerprint density at radius 3 is 2.93 bits per heavy atom. The number of hydrogen-bond donors (Lipinski definition) is 1. The van der Waals surface area contributed by atoms with Gasteiger partial charge in [0.25, 0.3) is 0 Å². The molecule has 1 unspecified atom stereocenters. The molecule has 1 aliphatic rings. The van der Waals surface area contributed by atoms with Crippen LogP contribution >= 0.6 is 22.6 Å². The minimum atomic E-state index is -0.110. The van der Waals surface area contributed by atoms with Crippen molar-refractivity contribution in [2.24, 2.45) is 5.92 Å². The Balaban J connectivity index is 2.29. The molecule has 0 radical (unpaired) electrons. The zero-order valence-corrected chi connectivity index (χ0v) is 11.8. The lowest BCUT2D eigenvalue weighted by Gasteiger charge is -2.24. The Hall–Kier alpha value is 0.170. The minimum absolute atomic E-state index is 0.110. The fourth-order valence-electron chi connectivity index (χ4n) is 1.95. The second-order valence-corrected chi connectivity index (χ2v) is 6.00. The van der Waals surface area contributed by atoms with Gasteiger partial charge in [-0.2, -0.15) is 0 Å². The van der Waals surface area contributed by atoms with E-state index < -0.39 is 0 Å². The molecule has 0 saturated heterocycles. The van der Waals surface area contributed by atoms with Crippen molar-refractivity contribution >= 4 is 22.6 Å². The topological polar surface area (TPSA) is 20.2 Å². The molecule has 0 fully saturated rings. The van der Waals surface area contributed by atoms with Crippen LogP contribution in [0.2, 0.25) is 0 Å². The fourth-order valence-corrected chi connectivity index (χ4v) is 2.52. The van der Waals surface area contributed by atoms with Crippen molar-refractivity contribution in [3.8, 4) is 0 Å². The van der Waals surface area contributed by atoms with Crippen LogP contribution in [-0.4, -0.2) is 11.2 Å². The molecular formula is C13H21IO. The monoisotopic (exact) mass is 320 g/mol. The number of rotatable bonds is 4. The average Bonchev–Trinajstić information content (AvgIpc) is 2.18. The van der Waals surface area contributed by atoms with Gasteiger partial charge < -0.3 is 5.11 Å². The Labute approximate surface area is 107 Å². The van der Waals surface area contributed by atoms with Crippen molar-refractivity contribution in [2.45, 2.75) is 52.1 Å². The molecule has 2 heteroatoms. The van der Waals surface area contributed by atoms with Crippen molar-refractivity contribution in [3.63, 3.8) is 0 Å². The van der Waals surface area contributed by atoms with Crippen molar-refractivity contribution in [1.29, 1.82) is 0 Å². The summed E-state index contributed by atoms with van der Waals surface area (Å²) in [6.45, 7) is 4.22. The van der Waals surface area contributed by atoms with Crippen molar-refractivity contribution in [2.75, 3.05) is 0 Å². The molecule has 0 aromatic carbocycles. The van der Waals surface area contributed by atoms with Crippen LogP contribution in [0.3, 0.4) is 0 Å². The summed E-state index contributed by atoms with van der Waals surface area (Å²) in [6.07, 6.45) is 9.69. The van der Waals surface area contributed by atoms with E-state index in [9.17, 15) is 5.11 Å². The van der Waals surface area contributed by atoms with E-state index in [1.54, 1.807) is 0 Å². The van der Waals surface area contributed by atoms with Gasteiger partial charge in [0.15, 0.2) is 0 Å². The number of aliphatic hydroxyl groups excluding tert-OH is 1. The minimum Gasteiger partial charge on any atom is -0.393 e. The molecule has 2 atom stereocenters. The molecule has 15 heavy (non-hydrogen) atoms. The molecular weight excluding hydrogens is 299 g/mol. The van der Waals surface area contributed by atoms with Crippen LogP contribution in [0.15, 0.2) is 21.3 Å². The first-order chi connectivity index (χ1) is 7.09. The van der Waals surface area contributed by atoms with E-state index >= 15 is 0 Å². The Morgan fingerprint density at radius 1 is 1.67 bits per heavy atom. The van der Waals surface area contributed by atoms with Gasteiger partial charge in [-0.15, -0.1) is 0 Å². The van der Waals surface area contributed by atoms with Gasteiger partial charge in [-0.05, 0) is 78.0 Å². The highest BCUT2D eigenvalue weighted by atomic mass is 127. The first-order valence-electron chi connectivity index (χ1n) is 5.75. The molecule has 0 saturated carbocycles. The fraction of sp³-hybridized carbons (Fsp3) is 0.692. The van der Waals surface area contributed by atoms with Crippen LogP contribution < -0.4 is 0 Å². The average molecular weight is 320 g/mol. The van der Waals surface area contributed by atoms with Gasteiger partial charge in [0, 0.05) is 0 Å².